The van der Waals surface area contributed by atoms with Crippen LogP contribution < -0.4 is 14.8 Å². The Morgan fingerprint density at radius 3 is 2.69 bits per heavy atom. The molecule has 168 valence electrons. The van der Waals surface area contributed by atoms with Crippen molar-refractivity contribution in [2.24, 2.45) is 0 Å². The molecule has 0 unspecified atom stereocenters. The average molecular weight is 461 g/mol. The lowest BCUT2D eigenvalue weighted by Gasteiger charge is -2.13. The van der Waals surface area contributed by atoms with Crippen molar-refractivity contribution in [3.05, 3.63) is 59.8 Å². The number of aromatic nitrogens is 2. The Labute approximate surface area is 184 Å². The molecule has 0 amide bonds. The van der Waals surface area contributed by atoms with Crippen molar-refractivity contribution in [3.8, 4) is 22.8 Å². The number of ether oxygens (including phenoxy) is 2. The van der Waals surface area contributed by atoms with Crippen LogP contribution in [0.25, 0.3) is 11.3 Å². The van der Waals surface area contributed by atoms with Crippen LogP contribution in [-0.2, 0) is 15.5 Å². The van der Waals surface area contributed by atoms with Crippen molar-refractivity contribution in [1.29, 1.82) is 4.78 Å². The van der Waals surface area contributed by atoms with E-state index in [0.717, 1.165) is 6.20 Å². The SMILES string of the molecule is C[S@@](=N)(=O)Cc1cc2cc(c1)OCCCCOc1cc(F)ccc1-c1nc(ncc1F)N2. The first-order valence-corrected chi connectivity index (χ1v) is 12.1. The number of hydrogen-bond donors (Lipinski definition) is 2. The summed E-state index contributed by atoms with van der Waals surface area (Å²) in [6, 6.07) is 9.05. The number of hydrogen-bond acceptors (Lipinski definition) is 7. The molecule has 1 aliphatic heterocycles. The zero-order valence-electron chi connectivity index (χ0n) is 17.4. The van der Waals surface area contributed by atoms with Gasteiger partial charge in [-0.1, -0.05) is 0 Å². The number of benzene rings is 2. The molecule has 0 spiro atoms. The van der Waals surface area contributed by atoms with E-state index >= 15 is 0 Å². The Morgan fingerprint density at radius 1 is 1.12 bits per heavy atom. The Morgan fingerprint density at radius 2 is 1.91 bits per heavy atom. The van der Waals surface area contributed by atoms with E-state index in [1.165, 1.54) is 24.5 Å². The fourth-order valence-electron chi connectivity index (χ4n) is 3.35. The smallest absolute Gasteiger partial charge is 0.227 e. The van der Waals surface area contributed by atoms with Crippen molar-refractivity contribution >= 4 is 21.4 Å². The summed E-state index contributed by atoms with van der Waals surface area (Å²) in [5, 5.41) is 3.01. The molecule has 2 heterocycles. The van der Waals surface area contributed by atoms with Gasteiger partial charge in [0.15, 0.2) is 5.82 Å². The summed E-state index contributed by atoms with van der Waals surface area (Å²) < 4.78 is 59.7. The van der Waals surface area contributed by atoms with E-state index in [4.69, 9.17) is 14.3 Å². The maximum atomic E-state index is 14.6. The van der Waals surface area contributed by atoms with Gasteiger partial charge in [0.2, 0.25) is 5.95 Å². The van der Waals surface area contributed by atoms with Crippen molar-refractivity contribution in [2.75, 3.05) is 24.8 Å². The summed E-state index contributed by atoms with van der Waals surface area (Å²) >= 11 is 0. The molecule has 0 aliphatic carbocycles. The number of rotatable bonds is 2. The van der Waals surface area contributed by atoms with Gasteiger partial charge >= 0.3 is 0 Å². The Balaban J connectivity index is 1.78. The van der Waals surface area contributed by atoms with Gasteiger partial charge in [-0.3, -0.25) is 4.78 Å². The largest absolute Gasteiger partial charge is 0.494 e. The van der Waals surface area contributed by atoms with Crippen LogP contribution in [0.3, 0.4) is 0 Å². The van der Waals surface area contributed by atoms with Gasteiger partial charge in [-0.2, -0.15) is 0 Å². The molecule has 7 nitrogen and oxygen atoms in total. The summed E-state index contributed by atoms with van der Waals surface area (Å²) in [6.07, 6.45) is 3.70. The van der Waals surface area contributed by atoms with Crippen LogP contribution in [0.2, 0.25) is 0 Å². The number of nitrogens with one attached hydrogen (secondary N) is 2. The molecule has 0 fully saturated rings. The van der Waals surface area contributed by atoms with Crippen molar-refractivity contribution in [1.82, 2.24) is 9.97 Å². The third-order valence-electron chi connectivity index (χ3n) is 4.67. The lowest BCUT2D eigenvalue weighted by atomic mass is 10.1. The molecule has 32 heavy (non-hydrogen) atoms. The summed E-state index contributed by atoms with van der Waals surface area (Å²) in [5.74, 6) is -0.270. The molecule has 10 heteroatoms. The minimum absolute atomic E-state index is 0.0252. The lowest BCUT2D eigenvalue weighted by molar-refractivity contribution is 0.266. The first-order valence-electron chi connectivity index (χ1n) is 9.97. The maximum absolute atomic E-state index is 14.6. The van der Waals surface area contributed by atoms with Crippen LogP contribution in [0, 0.1) is 16.4 Å². The van der Waals surface area contributed by atoms with Gasteiger partial charge in [-0.25, -0.2) is 23.0 Å². The van der Waals surface area contributed by atoms with E-state index in [-0.39, 0.29) is 23.1 Å². The zero-order valence-corrected chi connectivity index (χ0v) is 18.2. The highest BCUT2D eigenvalue weighted by Gasteiger charge is 2.17. The van der Waals surface area contributed by atoms with Crippen LogP contribution >= 0.6 is 0 Å². The molecular weight excluding hydrogens is 438 g/mol. The first kappa shape index (κ1) is 21.9. The molecule has 2 N–H and O–H groups in total. The van der Waals surface area contributed by atoms with E-state index in [1.807, 2.05) is 0 Å². The van der Waals surface area contributed by atoms with Crippen LogP contribution in [0.15, 0.2) is 42.6 Å². The van der Waals surface area contributed by atoms with Gasteiger partial charge in [-0.05, 0) is 42.7 Å². The lowest BCUT2D eigenvalue weighted by Crippen LogP contribution is -2.04. The Hall–Kier alpha value is -3.27. The number of fused-ring (bicyclic) bond motifs is 6. The molecule has 3 aromatic rings. The van der Waals surface area contributed by atoms with Crippen molar-refractivity contribution in [3.63, 3.8) is 0 Å². The molecule has 1 aromatic heterocycles. The predicted octanol–water partition coefficient (Wildman–Crippen LogP) is 4.89. The highest BCUT2D eigenvalue weighted by atomic mass is 32.2. The molecular formula is C22H22F2N4O3S. The molecule has 0 saturated carbocycles. The van der Waals surface area contributed by atoms with Gasteiger partial charge in [0.05, 0.1) is 25.2 Å². The van der Waals surface area contributed by atoms with Crippen LogP contribution in [-0.4, -0.2) is 33.6 Å². The fraction of sp³-hybridized carbons (Fsp3) is 0.273. The predicted molar refractivity (Wildman–Crippen MR) is 118 cm³/mol. The third kappa shape index (κ3) is 5.50. The monoisotopic (exact) mass is 460 g/mol. The third-order valence-corrected chi connectivity index (χ3v) is 5.56. The van der Waals surface area contributed by atoms with Crippen molar-refractivity contribution < 1.29 is 22.5 Å². The van der Waals surface area contributed by atoms with Gasteiger partial charge in [0, 0.05) is 39.4 Å². The Kier molecular flexibility index (Phi) is 6.22. The number of nitrogens with zero attached hydrogens (tertiary/aromatic N) is 2. The van der Waals surface area contributed by atoms with E-state index < -0.39 is 21.4 Å². The molecule has 4 bridgehead atoms. The standard InChI is InChI=1S/C22H22F2N4O3S/c1-32(25,29)13-14-8-16-11-17(9-14)30-6-2-3-7-31-20-10-15(23)4-5-18(20)21-19(24)12-26-22(27-16)28-21/h4-5,8-12,25H,2-3,6-7,13H2,1H3,(H,26,27,28)/t32-/m1/s1. The number of anilines is 2. The second kappa shape index (κ2) is 9.07. The van der Waals surface area contributed by atoms with Crippen LogP contribution in [0.5, 0.6) is 11.5 Å². The molecule has 0 saturated heterocycles. The molecule has 0 radical (unpaired) electrons. The van der Waals surface area contributed by atoms with E-state index in [0.29, 0.717) is 48.6 Å². The molecule has 2 aromatic carbocycles. The average Bonchev–Trinajstić information content (AvgIpc) is 2.71. The minimum atomic E-state index is -2.77. The summed E-state index contributed by atoms with van der Waals surface area (Å²) in [6.45, 7) is 0.698. The highest BCUT2D eigenvalue weighted by molar-refractivity contribution is 7.90. The first-order chi connectivity index (χ1) is 15.3. The Bertz CT molecular complexity index is 1250. The molecule has 4 rings (SSSR count). The van der Waals surface area contributed by atoms with Gasteiger partial charge in [-0.15, -0.1) is 0 Å². The van der Waals surface area contributed by atoms with Gasteiger partial charge in [0.1, 0.15) is 23.0 Å². The van der Waals surface area contributed by atoms with E-state index in [9.17, 15) is 13.0 Å². The fourth-order valence-corrected chi connectivity index (χ4v) is 4.15. The second-order valence-corrected chi connectivity index (χ2v) is 9.87. The van der Waals surface area contributed by atoms with Crippen molar-refractivity contribution in [2.45, 2.75) is 18.6 Å². The van der Waals surface area contributed by atoms with Gasteiger partial charge in [0.25, 0.3) is 0 Å². The van der Waals surface area contributed by atoms with Gasteiger partial charge < -0.3 is 14.8 Å². The molecule has 1 aliphatic rings. The summed E-state index contributed by atoms with van der Waals surface area (Å²) in [4.78, 5) is 8.28. The zero-order chi connectivity index (χ0) is 22.7. The minimum Gasteiger partial charge on any atom is -0.494 e. The maximum Gasteiger partial charge on any atom is 0.227 e. The van der Waals surface area contributed by atoms with Crippen LogP contribution in [0.1, 0.15) is 18.4 Å². The quantitative estimate of drug-likeness (QED) is 0.565. The topological polar surface area (TPSA) is 97.2 Å². The highest BCUT2D eigenvalue weighted by Crippen LogP contribution is 2.33. The summed E-state index contributed by atoms with van der Waals surface area (Å²) in [5.41, 5.74) is 1.49. The van der Waals surface area contributed by atoms with E-state index in [2.05, 4.69) is 15.3 Å². The molecule has 1 atom stereocenters. The normalized spacial score (nSPS) is 15.6. The second-order valence-electron chi connectivity index (χ2n) is 7.57. The van der Waals surface area contributed by atoms with E-state index in [1.54, 1.807) is 18.2 Å². The van der Waals surface area contributed by atoms with Crippen LogP contribution in [0.4, 0.5) is 20.4 Å². The summed E-state index contributed by atoms with van der Waals surface area (Å²) in [7, 11) is -2.77. The number of halogens is 2.